The van der Waals surface area contributed by atoms with Crippen LogP contribution in [-0.2, 0) is 21.3 Å². The van der Waals surface area contributed by atoms with Crippen molar-refractivity contribution < 1.29 is 17.9 Å². The van der Waals surface area contributed by atoms with Crippen molar-refractivity contribution >= 4 is 26.7 Å². The molecular weight excluding hydrogens is 440 g/mol. The number of aromatic nitrogens is 1. The number of hydrogen-bond donors (Lipinski definition) is 1. The maximum Gasteiger partial charge on any atom is 0.252 e. The van der Waals surface area contributed by atoms with E-state index in [1.807, 2.05) is 26.0 Å². The van der Waals surface area contributed by atoms with E-state index in [1.165, 1.54) is 23.4 Å². The predicted octanol–water partition coefficient (Wildman–Crippen LogP) is 3.72. The lowest BCUT2D eigenvalue weighted by Crippen LogP contribution is -2.38. The first-order valence-electron chi connectivity index (χ1n) is 11.0. The van der Waals surface area contributed by atoms with E-state index < -0.39 is 10.0 Å². The minimum Gasteiger partial charge on any atom is -0.377 e. The Kier molecular flexibility index (Phi) is 6.52. The number of rotatable bonds is 7. The van der Waals surface area contributed by atoms with Crippen molar-refractivity contribution in [3.63, 3.8) is 0 Å². The maximum absolute atomic E-state index is 13.6. The molecule has 2 aromatic carbocycles. The fourth-order valence-electron chi connectivity index (χ4n) is 4.21. The minimum absolute atomic E-state index is 0.0254. The number of carbonyl (C=O) groups excluding carboxylic acids is 1. The molecule has 1 atom stereocenters. The zero-order chi connectivity index (χ0) is 23.8. The molecule has 3 aromatic rings. The number of sulfonamides is 1. The first-order valence-corrected chi connectivity index (χ1v) is 12.5. The number of ether oxygens (including phenoxy) is 1. The number of H-pyrrole nitrogens is 1. The fourth-order valence-corrected chi connectivity index (χ4v) is 5.71. The van der Waals surface area contributed by atoms with Gasteiger partial charge < -0.3 is 9.72 Å². The van der Waals surface area contributed by atoms with Crippen LogP contribution in [0, 0.1) is 13.8 Å². The first-order chi connectivity index (χ1) is 15.7. The number of carbonyl (C=O) groups is 1. The number of benzene rings is 2. The van der Waals surface area contributed by atoms with E-state index in [0.717, 1.165) is 34.9 Å². The number of hydrogen-bond acceptors (Lipinski definition) is 5. The highest BCUT2D eigenvalue weighted by atomic mass is 32.2. The van der Waals surface area contributed by atoms with Crippen LogP contribution in [0.4, 0.5) is 0 Å². The van der Waals surface area contributed by atoms with E-state index in [0.29, 0.717) is 17.7 Å². The quantitative estimate of drug-likeness (QED) is 0.533. The molecule has 0 unspecified atom stereocenters. The highest BCUT2D eigenvalue weighted by molar-refractivity contribution is 7.89. The number of aromatic amines is 1. The van der Waals surface area contributed by atoms with Crippen LogP contribution < -0.4 is 5.56 Å². The fraction of sp³-hybridized carbons (Fsp3) is 0.360. The van der Waals surface area contributed by atoms with Crippen LogP contribution in [0.15, 0.2) is 52.2 Å². The molecule has 1 aliphatic rings. The maximum atomic E-state index is 13.6. The van der Waals surface area contributed by atoms with Crippen LogP contribution in [0.2, 0.25) is 0 Å². The number of nitrogens with one attached hydrogen (secondary N) is 1. The van der Waals surface area contributed by atoms with Gasteiger partial charge in [-0.15, -0.1) is 0 Å². The number of fused-ring (bicyclic) bond motifs is 1. The average Bonchev–Trinajstić information content (AvgIpc) is 3.30. The third-order valence-electron chi connectivity index (χ3n) is 6.18. The number of ketones is 1. The van der Waals surface area contributed by atoms with E-state index in [9.17, 15) is 18.0 Å². The Labute approximate surface area is 193 Å². The van der Waals surface area contributed by atoms with E-state index in [1.54, 1.807) is 18.2 Å². The summed E-state index contributed by atoms with van der Waals surface area (Å²) in [6, 6.07) is 11.7. The SMILES string of the molecule is CC(=O)c1cccc(S(=O)(=O)N(Cc2cc3c(C)ccc(C)c3[nH]c2=O)C[C@@H]2CCCO2)c1. The van der Waals surface area contributed by atoms with Gasteiger partial charge >= 0.3 is 0 Å². The lowest BCUT2D eigenvalue weighted by Gasteiger charge is -2.25. The third-order valence-corrected chi connectivity index (χ3v) is 7.98. The molecule has 1 saturated heterocycles. The van der Waals surface area contributed by atoms with E-state index >= 15 is 0 Å². The number of aryl methyl sites for hydroxylation is 2. The Hall–Kier alpha value is -2.81. The summed E-state index contributed by atoms with van der Waals surface area (Å²) in [4.78, 5) is 27.7. The second-order valence-electron chi connectivity index (χ2n) is 8.63. The normalized spacial score (nSPS) is 16.5. The predicted molar refractivity (Wildman–Crippen MR) is 127 cm³/mol. The molecule has 0 aliphatic carbocycles. The van der Waals surface area contributed by atoms with Crippen molar-refractivity contribution in [3.05, 3.63) is 75.1 Å². The summed E-state index contributed by atoms with van der Waals surface area (Å²) in [6.45, 7) is 5.91. The van der Waals surface area contributed by atoms with Gasteiger partial charge in [0.25, 0.3) is 5.56 Å². The van der Waals surface area contributed by atoms with Gasteiger partial charge in [0.05, 0.1) is 16.5 Å². The monoisotopic (exact) mass is 468 g/mol. The van der Waals surface area contributed by atoms with Crippen molar-refractivity contribution in [3.8, 4) is 0 Å². The second kappa shape index (κ2) is 9.21. The van der Waals surface area contributed by atoms with Crippen molar-refractivity contribution in [2.75, 3.05) is 13.2 Å². The van der Waals surface area contributed by atoms with Gasteiger partial charge in [0, 0.05) is 36.2 Å². The van der Waals surface area contributed by atoms with Gasteiger partial charge in [-0.2, -0.15) is 4.31 Å². The molecule has 1 aliphatic heterocycles. The van der Waals surface area contributed by atoms with Crippen molar-refractivity contribution in [1.29, 1.82) is 0 Å². The summed E-state index contributed by atoms with van der Waals surface area (Å²) in [6.07, 6.45) is 1.39. The molecule has 1 aromatic heterocycles. The molecular formula is C25H28N2O5S. The number of Topliss-reactive ketones (excluding diaryl/α,β-unsaturated/α-hetero) is 1. The van der Waals surface area contributed by atoms with Crippen molar-refractivity contribution in [2.45, 2.75) is 51.2 Å². The van der Waals surface area contributed by atoms with Gasteiger partial charge in [-0.1, -0.05) is 24.3 Å². The summed E-state index contributed by atoms with van der Waals surface area (Å²) >= 11 is 0. The smallest absolute Gasteiger partial charge is 0.252 e. The summed E-state index contributed by atoms with van der Waals surface area (Å²) < 4.78 is 34.3. The van der Waals surface area contributed by atoms with Crippen LogP contribution in [0.25, 0.3) is 10.9 Å². The summed E-state index contributed by atoms with van der Waals surface area (Å²) in [5.74, 6) is -0.213. The molecule has 1 N–H and O–H groups in total. The van der Waals surface area contributed by atoms with Crippen LogP contribution in [0.5, 0.6) is 0 Å². The van der Waals surface area contributed by atoms with E-state index in [2.05, 4.69) is 4.98 Å². The lowest BCUT2D eigenvalue weighted by molar-refractivity contribution is 0.0925. The van der Waals surface area contributed by atoms with Crippen molar-refractivity contribution in [2.24, 2.45) is 0 Å². The van der Waals surface area contributed by atoms with Crippen LogP contribution >= 0.6 is 0 Å². The Balaban J connectivity index is 1.77. The molecule has 0 radical (unpaired) electrons. The van der Waals surface area contributed by atoms with E-state index in [4.69, 9.17) is 4.74 Å². The summed E-state index contributed by atoms with van der Waals surface area (Å²) in [7, 11) is -3.98. The van der Waals surface area contributed by atoms with Gasteiger partial charge in [-0.05, 0) is 62.9 Å². The summed E-state index contributed by atoms with van der Waals surface area (Å²) in [5, 5.41) is 0.887. The molecule has 8 heteroatoms. The Morgan fingerprint density at radius 3 is 2.61 bits per heavy atom. The standard InChI is InChI=1S/C25H28N2O5S/c1-16-9-10-17(2)24-23(16)13-20(25(29)26-24)14-27(15-21-7-5-11-32-21)33(30,31)22-8-4-6-19(12-22)18(3)28/h4,6,8-10,12-13,21H,5,7,11,14-15H2,1-3H3,(H,26,29)/t21-/m0/s1. The van der Waals surface area contributed by atoms with Gasteiger partial charge in [-0.3, -0.25) is 9.59 Å². The Bertz CT molecular complexity index is 1370. The molecule has 0 spiro atoms. The lowest BCUT2D eigenvalue weighted by atomic mass is 10.0. The molecule has 0 saturated carbocycles. The molecule has 0 bridgehead atoms. The highest BCUT2D eigenvalue weighted by Crippen LogP contribution is 2.25. The molecule has 33 heavy (non-hydrogen) atoms. The van der Waals surface area contributed by atoms with Gasteiger partial charge in [0.1, 0.15) is 0 Å². The number of nitrogens with zero attached hydrogens (tertiary/aromatic N) is 1. The zero-order valence-corrected chi connectivity index (χ0v) is 19.9. The largest absolute Gasteiger partial charge is 0.377 e. The van der Waals surface area contributed by atoms with Crippen molar-refractivity contribution in [1.82, 2.24) is 9.29 Å². The Morgan fingerprint density at radius 1 is 1.15 bits per heavy atom. The summed E-state index contributed by atoms with van der Waals surface area (Å²) in [5.41, 5.74) is 3.07. The third kappa shape index (κ3) is 4.78. The minimum atomic E-state index is -3.98. The van der Waals surface area contributed by atoms with Gasteiger partial charge in [-0.25, -0.2) is 8.42 Å². The molecule has 2 heterocycles. The highest BCUT2D eigenvalue weighted by Gasteiger charge is 2.30. The van der Waals surface area contributed by atoms with Gasteiger partial charge in [0.2, 0.25) is 10.0 Å². The topological polar surface area (TPSA) is 96.5 Å². The second-order valence-corrected chi connectivity index (χ2v) is 10.6. The van der Waals surface area contributed by atoms with Gasteiger partial charge in [0.15, 0.2) is 5.78 Å². The first kappa shape index (κ1) is 23.4. The van der Waals surface area contributed by atoms with Crippen LogP contribution in [-0.4, -0.2) is 42.7 Å². The number of pyridine rings is 1. The average molecular weight is 469 g/mol. The molecule has 1 fully saturated rings. The molecule has 174 valence electrons. The molecule has 4 rings (SSSR count). The Morgan fingerprint density at radius 2 is 1.91 bits per heavy atom. The van der Waals surface area contributed by atoms with Crippen LogP contribution in [0.3, 0.4) is 0 Å². The van der Waals surface area contributed by atoms with E-state index in [-0.39, 0.29) is 35.4 Å². The van der Waals surface area contributed by atoms with Crippen LogP contribution in [0.1, 0.15) is 46.8 Å². The molecule has 7 nitrogen and oxygen atoms in total. The zero-order valence-electron chi connectivity index (χ0n) is 19.1. The molecule has 0 amide bonds.